The number of benzene rings is 1. The number of nitrogens with one attached hydrogen (secondary N) is 1. The largest absolute Gasteiger partial charge is 0.493 e. The van der Waals surface area contributed by atoms with E-state index in [1.807, 2.05) is 18.2 Å². The van der Waals surface area contributed by atoms with Crippen LogP contribution in [0.1, 0.15) is 45.1 Å². The third-order valence-corrected chi connectivity index (χ3v) is 4.23. The highest BCUT2D eigenvalue weighted by Crippen LogP contribution is 2.29. The van der Waals surface area contributed by atoms with Crippen molar-refractivity contribution in [2.75, 3.05) is 13.7 Å². The molecule has 1 aromatic rings. The van der Waals surface area contributed by atoms with E-state index in [1.54, 1.807) is 13.2 Å². The van der Waals surface area contributed by atoms with Gasteiger partial charge in [-0.15, -0.1) is 0 Å². The highest BCUT2D eigenvalue weighted by atomic mass is 16.5. The molecule has 0 unspecified atom stereocenters. The summed E-state index contributed by atoms with van der Waals surface area (Å²) in [6.45, 7) is 4.81. The molecule has 0 bridgehead atoms. The second kappa shape index (κ2) is 9.47. The van der Waals surface area contributed by atoms with Gasteiger partial charge in [-0.3, -0.25) is 4.79 Å². The fraction of sp³-hybridized carbons (Fsp3) is 0.550. The van der Waals surface area contributed by atoms with E-state index in [0.717, 1.165) is 31.2 Å². The molecule has 5 heteroatoms. The highest BCUT2D eigenvalue weighted by molar-refractivity contribution is 5.92. The van der Waals surface area contributed by atoms with Crippen LogP contribution in [0.3, 0.4) is 0 Å². The van der Waals surface area contributed by atoms with Gasteiger partial charge in [-0.05, 0) is 55.4 Å². The molecule has 0 spiro atoms. The lowest BCUT2D eigenvalue weighted by Gasteiger charge is -2.25. The topological polar surface area (TPSA) is 67.8 Å². The Morgan fingerprint density at radius 3 is 2.64 bits per heavy atom. The van der Waals surface area contributed by atoms with Crippen molar-refractivity contribution >= 4 is 12.0 Å². The summed E-state index contributed by atoms with van der Waals surface area (Å²) in [5.41, 5.74) is 0.878. The fourth-order valence-corrected chi connectivity index (χ4v) is 2.80. The van der Waals surface area contributed by atoms with Gasteiger partial charge in [-0.1, -0.05) is 19.9 Å². The molecule has 2 rings (SSSR count). The van der Waals surface area contributed by atoms with E-state index in [1.165, 1.54) is 6.08 Å². The van der Waals surface area contributed by atoms with Gasteiger partial charge in [0.2, 0.25) is 5.91 Å². The van der Waals surface area contributed by atoms with Crippen LogP contribution in [0, 0.1) is 5.92 Å². The molecule has 1 aromatic carbocycles. The van der Waals surface area contributed by atoms with Gasteiger partial charge in [0.25, 0.3) is 0 Å². The molecule has 1 saturated carbocycles. The first kappa shape index (κ1) is 19.3. The van der Waals surface area contributed by atoms with Gasteiger partial charge in [0.05, 0.1) is 19.8 Å². The molecule has 1 amide bonds. The zero-order valence-corrected chi connectivity index (χ0v) is 15.3. The molecule has 0 aliphatic heterocycles. The van der Waals surface area contributed by atoms with Crippen LogP contribution in [-0.4, -0.2) is 36.9 Å². The maximum Gasteiger partial charge on any atom is 0.244 e. The Balaban J connectivity index is 1.92. The molecule has 1 aliphatic carbocycles. The van der Waals surface area contributed by atoms with Gasteiger partial charge in [-0.2, -0.15) is 0 Å². The molecular formula is C20H29NO4. The molecule has 0 saturated heterocycles. The third-order valence-electron chi connectivity index (χ3n) is 4.23. The van der Waals surface area contributed by atoms with Crippen LogP contribution in [0.4, 0.5) is 0 Å². The van der Waals surface area contributed by atoms with Crippen LogP contribution in [0.2, 0.25) is 0 Å². The van der Waals surface area contributed by atoms with Crippen molar-refractivity contribution in [2.45, 2.75) is 51.7 Å². The van der Waals surface area contributed by atoms with Gasteiger partial charge in [0.1, 0.15) is 0 Å². The van der Waals surface area contributed by atoms with Crippen LogP contribution < -0.4 is 14.8 Å². The van der Waals surface area contributed by atoms with Crippen molar-refractivity contribution in [3.8, 4) is 11.5 Å². The van der Waals surface area contributed by atoms with Crippen LogP contribution >= 0.6 is 0 Å². The lowest BCUT2D eigenvalue weighted by Crippen LogP contribution is -2.37. The smallest absolute Gasteiger partial charge is 0.244 e. The van der Waals surface area contributed by atoms with E-state index >= 15 is 0 Å². The summed E-state index contributed by atoms with van der Waals surface area (Å²) in [6.07, 6.45) is 6.25. The summed E-state index contributed by atoms with van der Waals surface area (Å²) in [5.74, 6) is 1.69. The Hall–Kier alpha value is -2.01. The summed E-state index contributed by atoms with van der Waals surface area (Å²) in [7, 11) is 1.61. The molecule has 25 heavy (non-hydrogen) atoms. The van der Waals surface area contributed by atoms with Crippen molar-refractivity contribution in [1.29, 1.82) is 0 Å². The summed E-state index contributed by atoms with van der Waals surface area (Å²) < 4.78 is 11.1. The second-order valence-electron chi connectivity index (χ2n) is 6.96. The minimum atomic E-state index is -0.215. The zero-order valence-electron chi connectivity index (χ0n) is 15.3. The summed E-state index contributed by atoms with van der Waals surface area (Å²) in [5, 5.41) is 12.5. The number of aliphatic hydroxyl groups is 1. The Bertz CT molecular complexity index is 589. The maximum atomic E-state index is 12.0. The normalized spacial score (nSPS) is 20.7. The molecule has 5 nitrogen and oxygen atoms in total. The maximum absolute atomic E-state index is 12.0. The van der Waals surface area contributed by atoms with E-state index in [0.29, 0.717) is 24.0 Å². The Morgan fingerprint density at radius 2 is 2.00 bits per heavy atom. The molecule has 2 N–H and O–H groups in total. The van der Waals surface area contributed by atoms with Crippen molar-refractivity contribution in [1.82, 2.24) is 5.32 Å². The number of carbonyl (C=O) groups is 1. The predicted octanol–water partition coefficient (Wildman–Crippen LogP) is 3.16. The molecule has 0 radical (unpaired) electrons. The first-order valence-corrected chi connectivity index (χ1v) is 8.95. The monoisotopic (exact) mass is 347 g/mol. The number of methoxy groups -OCH3 is 1. The molecule has 0 aromatic heterocycles. The molecule has 1 aliphatic rings. The van der Waals surface area contributed by atoms with Crippen LogP contribution in [0.5, 0.6) is 11.5 Å². The first-order chi connectivity index (χ1) is 12.0. The van der Waals surface area contributed by atoms with Crippen LogP contribution in [0.25, 0.3) is 6.08 Å². The van der Waals surface area contributed by atoms with Gasteiger partial charge in [0.15, 0.2) is 11.5 Å². The molecule has 138 valence electrons. The first-order valence-electron chi connectivity index (χ1n) is 8.95. The average molecular weight is 347 g/mol. The number of hydrogen-bond acceptors (Lipinski definition) is 4. The Kier molecular flexibility index (Phi) is 7.31. The third kappa shape index (κ3) is 6.42. The SMILES string of the molecule is COc1cc(C=CC(=O)NC2CCC(O)CC2)ccc1OCC(C)C. The second-order valence-corrected chi connectivity index (χ2v) is 6.96. The number of rotatable bonds is 7. The number of aliphatic hydroxyl groups excluding tert-OH is 1. The summed E-state index contributed by atoms with van der Waals surface area (Å²) >= 11 is 0. The minimum absolute atomic E-state index is 0.111. The van der Waals surface area contributed by atoms with Crippen molar-refractivity contribution < 1.29 is 19.4 Å². The minimum Gasteiger partial charge on any atom is -0.493 e. The zero-order chi connectivity index (χ0) is 18.2. The molecule has 0 heterocycles. The fourth-order valence-electron chi connectivity index (χ4n) is 2.80. The lowest BCUT2D eigenvalue weighted by atomic mass is 9.93. The van der Waals surface area contributed by atoms with Crippen LogP contribution in [0.15, 0.2) is 24.3 Å². The Morgan fingerprint density at radius 1 is 1.28 bits per heavy atom. The molecular weight excluding hydrogens is 318 g/mol. The summed E-state index contributed by atoms with van der Waals surface area (Å²) in [4.78, 5) is 12.0. The number of hydrogen-bond donors (Lipinski definition) is 2. The Labute approximate surface area is 150 Å². The quantitative estimate of drug-likeness (QED) is 0.744. The number of amides is 1. The highest BCUT2D eigenvalue weighted by Gasteiger charge is 2.19. The van der Waals surface area contributed by atoms with Gasteiger partial charge in [-0.25, -0.2) is 0 Å². The van der Waals surface area contributed by atoms with Crippen molar-refractivity contribution in [3.05, 3.63) is 29.8 Å². The average Bonchev–Trinajstić information content (AvgIpc) is 2.60. The van der Waals surface area contributed by atoms with Gasteiger partial charge >= 0.3 is 0 Å². The van der Waals surface area contributed by atoms with Crippen LogP contribution in [-0.2, 0) is 4.79 Å². The van der Waals surface area contributed by atoms with E-state index < -0.39 is 0 Å². The van der Waals surface area contributed by atoms with E-state index in [4.69, 9.17) is 9.47 Å². The lowest BCUT2D eigenvalue weighted by molar-refractivity contribution is -0.117. The van der Waals surface area contributed by atoms with E-state index in [2.05, 4.69) is 19.2 Å². The van der Waals surface area contributed by atoms with E-state index in [-0.39, 0.29) is 18.1 Å². The standard InChI is InChI=1S/C20H29NO4/c1-14(2)13-25-18-10-4-15(12-19(18)24-3)5-11-20(23)21-16-6-8-17(22)9-7-16/h4-5,10-12,14,16-17,22H,6-9,13H2,1-3H3,(H,21,23). The number of ether oxygens (including phenoxy) is 2. The molecule has 0 atom stereocenters. The van der Waals surface area contributed by atoms with Crippen molar-refractivity contribution in [2.24, 2.45) is 5.92 Å². The van der Waals surface area contributed by atoms with Gasteiger partial charge in [0, 0.05) is 12.1 Å². The van der Waals surface area contributed by atoms with E-state index in [9.17, 15) is 9.90 Å². The van der Waals surface area contributed by atoms with Crippen molar-refractivity contribution in [3.63, 3.8) is 0 Å². The predicted molar refractivity (Wildman–Crippen MR) is 98.8 cm³/mol. The number of carbonyl (C=O) groups excluding carboxylic acids is 1. The van der Waals surface area contributed by atoms with Gasteiger partial charge < -0.3 is 19.9 Å². The molecule has 1 fully saturated rings. The summed E-state index contributed by atoms with van der Waals surface area (Å²) in [6, 6.07) is 5.78.